The lowest BCUT2D eigenvalue weighted by Crippen LogP contribution is -1.97. The normalized spacial score (nSPS) is 12.9. The summed E-state index contributed by atoms with van der Waals surface area (Å²) in [5.74, 6) is 0.886. The molecule has 1 rings (SSSR count). The second-order valence-electron chi connectivity index (χ2n) is 3.75. The molecule has 0 aliphatic rings. The molecule has 1 unspecified atom stereocenters. The minimum Gasteiger partial charge on any atom is -0.508 e. The van der Waals surface area contributed by atoms with E-state index in [1.54, 1.807) is 6.07 Å². The Hall–Kier alpha value is -0.980. The van der Waals surface area contributed by atoms with Crippen LogP contribution in [0.3, 0.4) is 0 Å². The molecule has 0 radical (unpaired) electrons. The minimum absolute atomic E-state index is 0.442. The predicted molar refractivity (Wildman–Crippen MR) is 56.3 cm³/mol. The molecule has 0 saturated heterocycles. The number of hydrogen-bond donors (Lipinski definition) is 1. The van der Waals surface area contributed by atoms with Crippen LogP contribution in [0.1, 0.15) is 42.9 Å². The van der Waals surface area contributed by atoms with Crippen molar-refractivity contribution in [2.75, 3.05) is 0 Å². The van der Waals surface area contributed by atoms with Crippen molar-refractivity contribution in [3.8, 4) is 5.75 Å². The molecule has 0 aliphatic heterocycles. The molecule has 0 amide bonds. The number of benzene rings is 1. The molecule has 1 N–H and O–H groups in total. The average molecular weight is 178 g/mol. The van der Waals surface area contributed by atoms with E-state index in [9.17, 15) is 5.11 Å². The molecule has 0 spiro atoms. The largest absolute Gasteiger partial charge is 0.508 e. The van der Waals surface area contributed by atoms with Crippen LogP contribution in [0.5, 0.6) is 5.75 Å². The average Bonchev–Trinajstić information content (AvgIpc) is 2.12. The lowest BCUT2D eigenvalue weighted by Gasteiger charge is -2.16. The van der Waals surface area contributed by atoms with Gasteiger partial charge in [0.15, 0.2) is 0 Å². The molecule has 0 aliphatic carbocycles. The molecule has 13 heavy (non-hydrogen) atoms. The van der Waals surface area contributed by atoms with Crippen LogP contribution in [0, 0.1) is 13.8 Å². The summed E-state index contributed by atoms with van der Waals surface area (Å²) in [6.07, 6.45) is 1.07. The van der Waals surface area contributed by atoms with Gasteiger partial charge in [0.05, 0.1) is 0 Å². The van der Waals surface area contributed by atoms with Gasteiger partial charge in [-0.25, -0.2) is 0 Å². The molecule has 1 aromatic rings. The molecular weight excluding hydrogens is 160 g/mol. The van der Waals surface area contributed by atoms with Crippen molar-refractivity contribution >= 4 is 0 Å². The molecule has 1 atom stereocenters. The molecule has 0 aromatic heterocycles. The van der Waals surface area contributed by atoms with Crippen LogP contribution in [0.25, 0.3) is 0 Å². The van der Waals surface area contributed by atoms with Gasteiger partial charge in [0.1, 0.15) is 5.75 Å². The van der Waals surface area contributed by atoms with E-state index < -0.39 is 0 Å². The van der Waals surface area contributed by atoms with Crippen LogP contribution in [0.2, 0.25) is 0 Å². The van der Waals surface area contributed by atoms with Crippen LogP contribution < -0.4 is 0 Å². The topological polar surface area (TPSA) is 20.2 Å². The Kier molecular flexibility index (Phi) is 2.97. The van der Waals surface area contributed by atoms with Gasteiger partial charge in [0, 0.05) is 0 Å². The molecule has 0 heterocycles. The fourth-order valence-corrected chi connectivity index (χ4v) is 1.65. The number of aryl methyl sites for hydroxylation is 1. The maximum absolute atomic E-state index is 9.72. The van der Waals surface area contributed by atoms with Gasteiger partial charge < -0.3 is 5.11 Å². The van der Waals surface area contributed by atoms with E-state index in [0.29, 0.717) is 11.7 Å². The quantitative estimate of drug-likeness (QED) is 0.734. The van der Waals surface area contributed by atoms with E-state index in [1.807, 2.05) is 6.07 Å². The van der Waals surface area contributed by atoms with Gasteiger partial charge in [-0.2, -0.15) is 0 Å². The van der Waals surface area contributed by atoms with Gasteiger partial charge in [-0.1, -0.05) is 19.9 Å². The molecule has 0 saturated carbocycles. The molecule has 0 bridgehead atoms. The Morgan fingerprint density at radius 3 is 2.46 bits per heavy atom. The van der Waals surface area contributed by atoms with E-state index in [0.717, 1.165) is 12.0 Å². The second-order valence-corrected chi connectivity index (χ2v) is 3.75. The van der Waals surface area contributed by atoms with Gasteiger partial charge >= 0.3 is 0 Å². The van der Waals surface area contributed by atoms with Gasteiger partial charge in [0.25, 0.3) is 0 Å². The molecule has 1 heteroatoms. The summed E-state index contributed by atoms with van der Waals surface area (Å²) < 4.78 is 0. The highest BCUT2D eigenvalue weighted by Gasteiger charge is 2.12. The third kappa shape index (κ3) is 1.85. The summed E-state index contributed by atoms with van der Waals surface area (Å²) in [4.78, 5) is 0. The van der Waals surface area contributed by atoms with Crippen molar-refractivity contribution in [3.05, 3.63) is 28.8 Å². The fraction of sp³-hybridized carbons (Fsp3) is 0.500. The van der Waals surface area contributed by atoms with E-state index in [-0.39, 0.29) is 0 Å². The Morgan fingerprint density at radius 2 is 1.92 bits per heavy atom. The lowest BCUT2D eigenvalue weighted by atomic mass is 9.91. The third-order valence-corrected chi connectivity index (χ3v) is 2.87. The Morgan fingerprint density at radius 1 is 1.31 bits per heavy atom. The van der Waals surface area contributed by atoms with E-state index in [4.69, 9.17) is 0 Å². The lowest BCUT2D eigenvalue weighted by molar-refractivity contribution is 0.460. The minimum atomic E-state index is 0.442. The number of phenolic OH excluding ortho intramolecular Hbond substituents is 1. The highest BCUT2D eigenvalue weighted by Crippen LogP contribution is 2.32. The first-order chi connectivity index (χ1) is 6.07. The van der Waals surface area contributed by atoms with Crippen LogP contribution in [-0.2, 0) is 0 Å². The SMILES string of the molecule is CCC(C)c1c(O)ccc(C)c1C. The summed E-state index contributed by atoms with van der Waals surface area (Å²) in [6, 6.07) is 3.76. The Labute approximate surface area is 80.4 Å². The monoisotopic (exact) mass is 178 g/mol. The zero-order chi connectivity index (χ0) is 10.0. The van der Waals surface area contributed by atoms with E-state index >= 15 is 0 Å². The van der Waals surface area contributed by atoms with Crippen LogP contribution in [-0.4, -0.2) is 5.11 Å². The molecular formula is C12H18O. The van der Waals surface area contributed by atoms with Gasteiger partial charge in [-0.15, -0.1) is 0 Å². The Balaban J connectivity index is 3.25. The summed E-state index contributed by atoms with van der Waals surface area (Å²) in [6.45, 7) is 8.46. The number of hydrogen-bond acceptors (Lipinski definition) is 1. The summed E-state index contributed by atoms with van der Waals surface area (Å²) in [7, 11) is 0. The van der Waals surface area contributed by atoms with E-state index in [2.05, 4.69) is 27.7 Å². The first kappa shape index (κ1) is 10.1. The molecule has 1 nitrogen and oxygen atoms in total. The van der Waals surface area contributed by atoms with Crippen molar-refractivity contribution in [2.45, 2.75) is 40.0 Å². The van der Waals surface area contributed by atoms with Crippen molar-refractivity contribution < 1.29 is 5.11 Å². The van der Waals surface area contributed by atoms with Crippen LogP contribution in [0.4, 0.5) is 0 Å². The van der Waals surface area contributed by atoms with Gasteiger partial charge in [-0.05, 0) is 48.9 Å². The standard InChI is InChI=1S/C12H18O/c1-5-8(2)12-10(4)9(3)6-7-11(12)13/h6-8,13H,5H2,1-4H3. The predicted octanol–water partition coefficient (Wildman–Crippen LogP) is 3.52. The number of aromatic hydroxyl groups is 1. The zero-order valence-corrected chi connectivity index (χ0v) is 8.89. The highest BCUT2D eigenvalue weighted by atomic mass is 16.3. The summed E-state index contributed by atoms with van der Waals surface area (Å²) >= 11 is 0. The maximum atomic E-state index is 9.72. The number of rotatable bonds is 2. The summed E-state index contributed by atoms with van der Waals surface area (Å²) in [5.41, 5.74) is 3.60. The second kappa shape index (κ2) is 3.82. The van der Waals surface area contributed by atoms with Crippen molar-refractivity contribution in [1.29, 1.82) is 0 Å². The molecule has 1 aromatic carbocycles. The smallest absolute Gasteiger partial charge is 0.119 e. The van der Waals surface area contributed by atoms with Crippen LogP contribution in [0.15, 0.2) is 12.1 Å². The van der Waals surface area contributed by atoms with Crippen LogP contribution >= 0.6 is 0 Å². The highest BCUT2D eigenvalue weighted by molar-refractivity contribution is 5.45. The molecule has 0 fully saturated rings. The van der Waals surface area contributed by atoms with Crippen molar-refractivity contribution in [2.24, 2.45) is 0 Å². The molecule has 72 valence electrons. The first-order valence-electron chi connectivity index (χ1n) is 4.87. The Bertz CT molecular complexity index is 302. The van der Waals surface area contributed by atoms with Gasteiger partial charge in [-0.3, -0.25) is 0 Å². The van der Waals surface area contributed by atoms with Crippen molar-refractivity contribution in [1.82, 2.24) is 0 Å². The first-order valence-corrected chi connectivity index (χ1v) is 4.87. The zero-order valence-electron chi connectivity index (χ0n) is 8.89. The summed E-state index contributed by atoms with van der Waals surface area (Å²) in [5, 5.41) is 9.72. The van der Waals surface area contributed by atoms with Crippen molar-refractivity contribution in [3.63, 3.8) is 0 Å². The number of phenols is 1. The fourth-order valence-electron chi connectivity index (χ4n) is 1.65. The van der Waals surface area contributed by atoms with Gasteiger partial charge in [0.2, 0.25) is 0 Å². The third-order valence-electron chi connectivity index (χ3n) is 2.87. The van der Waals surface area contributed by atoms with E-state index in [1.165, 1.54) is 11.1 Å². The maximum Gasteiger partial charge on any atom is 0.119 e.